The molecular formula is C21H29F2N5O2. The van der Waals surface area contributed by atoms with Crippen molar-refractivity contribution < 1.29 is 18.3 Å². The van der Waals surface area contributed by atoms with E-state index in [-0.39, 0.29) is 18.0 Å². The number of hydrogen-bond donors (Lipinski definition) is 2. The molecule has 1 heterocycles. The molecule has 0 radical (unpaired) electrons. The lowest BCUT2D eigenvalue weighted by atomic mass is 10.2. The van der Waals surface area contributed by atoms with Crippen molar-refractivity contribution >= 4 is 11.8 Å². The van der Waals surface area contributed by atoms with Crippen LogP contribution in [0.15, 0.2) is 41.5 Å². The van der Waals surface area contributed by atoms with E-state index in [9.17, 15) is 8.78 Å². The molecule has 0 spiro atoms. The van der Waals surface area contributed by atoms with Crippen LogP contribution in [-0.2, 0) is 13.1 Å². The number of benzene rings is 1. The Morgan fingerprint density at radius 2 is 2.00 bits per heavy atom. The Kier molecular flexibility index (Phi) is 9.11. The Balaban J connectivity index is 2.15. The van der Waals surface area contributed by atoms with Crippen molar-refractivity contribution in [2.45, 2.75) is 33.5 Å². The first-order chi connectivity index (χ1) is 14.4. The van der Waals surface area contributed by atoms with E-state index >= 15 is 0 Å². The van der Waals surface area contributed by atoms with Crippen LogP contribution in [0.1, 0.15) is 25.0 Å². The minimum atomic E-state index is -2.94. The summed E-state index contributed by atoms with van der Waals surface area (Å²) in [6, 6.07) is 8.93. The molecule has 30 heavy (non-hydrogen) atoms. The highest BCUT2D eigenvalue weighted by atomic mass is 19.3. The van der Waals surface area contributed by atoms with E-state index in [4.69, 9.17) is 9.47 Å². The van der Waals surface area contributed by atoms with Gasteiger partial charge in [-0.1, -0.05) is 12.1 Å². The van der Waals surface area contributed by atoms with Gasteiger partial charge in [-0.05, 0) is 37.6 Å². The van der Waals surface area contributed by atoms with E-state index in [1.54, 1.807) is 31.3 Å². The zero-order valence-corrected chi connectivity index (χ0v) is 17.8. The number of ether oxygens (including phenoxy) is 2. The lowest BCUT2D eigenvalue weighted by Gasteiger charge is -2.17. The Hall–Kier alpha value is -3.10. The summed E-state index contributed by atoms with van der Waals surface area (Å²) in [4.78, 5) is 10.8. The molecule has 0 aliphatic rings. The lowest BCUT2D eigenvalue weighted by molar-refractivity contribution is -0.0520. The van der Waals surface area contributed by atoms with Gasteiger partial charge in [-0.25, -0.2) is 9.98 Å². The van der Waals surface area contributed by atoms with Crippen LogP contribution in [-0.4, -0.2) is 44.8 Å². The van der Waals surface area contributed by atoms with Crippen molar-refractivity contribution in [3.05, 3.63) is 47.7 Å². The average Bonchev–Trinajstić information content (AvgIpc) is 2.72. The van der Waals surface area contributed by atoms with Gasteiger partial charge in [0, 0.05) is 38.9 Å². The van der Waals surface area contributed by atoms with E-state index < -0.39 is 6.61 Å². The van der Waals surface area contributed by atoms with Crippen LogP contribution in [0.4, 0.5) is 14.6 Å². The Morgan fingerprint density at radius 3 is 2.67 bits per heavy atom. The number of nitrogens with zero attached hydrogens (tertiary/aromatic N) is 3. The number of alkyl halides is 2. The number of pyridine rings is 1. The normalized spacial score (nSPS) is 11.4. The summed E-state index contributed by atoms with van der Waals surface area (Å²) in [5.41, 5.74) is 1.55. The summed E-state index contributed by atoms with van der Waals surface area (Å²) >= 11 is 0. The minimum absolute atomic E-state index is 0.0301. The third kappa shape index (κ3) is 7.06. The molecule has 2 N–H and O–H groups in total. The van der Waals surface area contributed by atoms with Crippen LogP contribution in [0.5, 0.6) is 11.5 Å². The topological polar surface area (TPSA) is 71.0 Å². The van der Waals surface area contributed by atoms with E-state index in [1.165, 1.54) is 0 Å². The van der Waals surface area contributed by atoms with Crippen LogP contribution in [0.2, 0.25) is 0 Å². The molecule has 0 atom stereocenters. The van der Waals surface area contributed by atoms with Crippen LogP contribution in [0, 0.1) is 0 Å². The van der Waals surface area contributed by atoms with Crippen molar-refractivity contribution in [1.82, 2.24) is 15.6 Å². The van der Waals surface area contributed by atoms with Gasteiger partial charge in [-0.15, -0.1) is 0 Å². The number of hydrogen-bond acceptors (Lipinski definition) is 5. The zero-order chi connectivity index (χ0) is 21.9. The molecule has 9 heteroatoms. The fourth-order valence-electron chi connectivity index (χ4n) is 2.69. The summed E-state index contributed by atoms with van der Waals surface area (Å²) in [5, 5.41) is 6.31. The van der Waals surface area contributed by atoms with Crippen molar-refractivity contribution in [3.63, 3.8) is 0 Å². The molecular weight excluding hydrogens is 392 g/mol. The van der Waals surface area contributed by atoms with Crippen LogP contribution in [0.25, 0.3) is 0 Å². The Labute approximate surface area is 176 Å². The third-order valence-electron chi connectivity index (χ3n) is 4.05. The van der Waals surface area contributed by atoms with Gasteiger partial charge in [0.05, 0.1) is 13.2 Å². The molecule has 0 saturated heterocycles. The SMILES string of the molecule is CCNC(=NCc1ccnc(N(C)C)c1)NCc1cccc(OCC)c1OC(F)F. The van der Waals surface area contributed by atoms with Crippen LogP contribution >= 0.6 is 0 Å². The number of anilines is 1. The molecule has 0 amide bonds. The number of nitrogens with one attached hydrogen (secondary N) is 2. The summed E-state index contributed by atoms with van der Waals surface area (Å²) in [6.45, 7) is 2.49. The number of guanidine groups is 1. The summed E-state index contributed by atoms with van der Waals surface area (Å²) < 4.78 is 35.9. The molecule has 2 aromatic rings. The van der Waals surface area contributed by atoms with E-state index in [2.05, 4.69) is 20.6 Å². The van der Waals surface area contributed by atoms with Gasteiger partial charge < -0.3 is 25.0 Å². The molecule has 0 aliphatic carbocycles. The minimum Gasteiger partial charge on any atom is -0.490 e. The Bertz CT molecular complexity index is 831. The van der Waals surface area contributed by atoms with E-state index in [0.717, 1.165) is 11.4 Å². The quantitative estimate of drug-likeness (QED) is 0.453. The van der Waals surface area contributed by atoms with Gasteiger partial charge in [-0.3, -0.25) is 0 Å². The second kappa shape index (κ2) is 11.8. The van der Waals surface area contributed by atoms with Gasteiger partial charge in [0.2, 0.25) is 0 Å². The number of para-hydroxylation sites is 1. The molecule has 2 rings (SSSR count). The number of halogens is 2. The largest absolute Gasteiger partial charge is 0.490 e. The van der Waals surface area contributed by atoms with Crippen molar-refractivity contribution in [1.29, 1.82) is 0 Å². The molecule has 0 unspecified atom stereocenters. The molecule has 7 nitrogen and oxygen atoms in total. The second-order valence-electron chi connectivity index (χ2n) is 6.52. The number of aromatic nitrogens is 1. The monoisotopic (exact) mass is 421 g/mol. The highest BCUT2D eigenvalue weighted by molar-refractivity contribution is 5.79. The molecule has 0 fully saturated rings. The fraction of sp³-hybridized carbons (Fsp3) is 0.429. The highest BCUT2D eigenvalue weighted by Crippen LogP contribution is 2.32. The second-order valence-corrected chi connectivity index (χ2v) is 6.52. The predicted molar refractivity (Wildman–Crippen MR) is 114 cm³/mol. The zero-order valence-electron chi connectivity index (χ0n) is 17.8. The van der Waals surface area contributed by atoms with Crippen LogP contribution in [0.3, 0.4) is 0 Å². The molecule has 1 aromatic heterocycles. The number of rotatable bonds is 10. The predicted octanol–water partition coefficient (Wildman–Crippen LogP) is 3.40. The van der Waals surface area contributed by atoms with Gasteiger partial charge in [0.25, 0.3) is 0 Å². The first-order valence-corrected chi connectivity index (χ1v) is 9.78. The van der Waals surface area contributed by atoms with E-state index in [0.29, 0.717) is 31.2 Å². The summed E-state index contributed by atoms with van der Waals surface area (Å²) in [5.74, 6) is 1.72. The van der Waals surface area contributed by atoms with Gasteiger partial charge >= 0.3 is 6.61 Å². The van der Waals surface area contributed by atoms with Crippen molar-refractivity contribution in [2.24, 2.45) is 4.99 Å². The van der Waals surface area contributed by atoms with Gasteiger partial charge in [0.1, 0.15) is 5.82 Å². The maximum Gasteiger partial charge on any atom is 0.387 e. The molecule has 0 saturated carbocycles. The summed E-state index contributed by atoms with van der Waals surface area (Å²) in [7, 11) is 3.85. The molecule has 0 bridgehead atoms. The van der Waals surface area contributed by atoms with Gasteiger partial charge in [0.15, 0.2) is 17.5 Å². The first-order valence-electron chi connectivity index (χ1n) is 9.78. The number of aliphatic imine (C=N–C) groups is 1. The lowest BCUT2D eigenvalue weighted by Crippen LogP contribution is -2.37. The summed E-state index contributed by atoms with van der Waals surface area (Å²) in [6.07, 6.45) is 1.74. The van der Waals surface area contributed by atoms with Gasteiger partial charge in [-0.2, -0.15) is 8.78 Å². The van der Waals surface area contributed by atoms with Crippen molar-refractivity contribution in [2.75, 3.05) is 32.1 Å². The maximum atomic E-state index is 12.9. The molecule has 1 aromatic carbocycles. The Morgan fingerprint density at radius 1 is 1.20 bits per heavy atom. The van der Waals surface area contributed by atoms with Crippen LogP contribution < -0.4 is 25.0 Å². The maximum absolute atomic E-state index is 12.9. The fourth-order valence-corrected chi connectivity index (χ4v) is 2.69. The smallest absolute Gasteiger partial charge is 0.387 e. The van der Waals surface area contributed by atoms with Crippen molar-refractivity contribution in [3.8, 4) is 11.5 Å². The molecule has 164 valence electrons. The molecule has 0 aliphatic heterocycles. The standard InChI is InChI=1S/C21H29F2N5O2/c1-5-24-21(26-13-15-10-11-25-18(12-15)28(3)4)27-14-16-8-7-9-17(29-6-2)19(16)30-20(22)23/h7-12,20H,5-6,13-14H2,1-4H3,(H2,24,26,27). The average molecular weight is 421 g/mol. The highest BCUT2D eigenvalue weighted by Gasteiger charge is 2.16. The van der Waals surface area contributed by atoms with E-state index in [1.807, 2.05) is 38.1 Å². The first kappa shape index (κ1) is 23.2. The third-order valence-corrected chi connectivity index (χ3v) is 4.05.